The molecule has 0 bridgehead atoms. The van der Waals surface area contributed by atoms with E-state index in [9.17, 15) is 22.8 Å². The first-order valence-electron chi connectivity index (χ1n) is 14.2. The summed E-state index contributed by atoms with van der Waals surface area (Å²) in [6.07, 6.45) is -0.163. The van der Waals surface area contributed by atoms with Gasteiger partial charge in [0.25, 0.3) is 11.6 Å². The summed E-state index contributed by atoms with van der Waals surface area (Å²) in [4.78, 5) is 31.4. The topological polar surface area (TPSA) is 108 Å². The van der Waals surface area contributed by atoms with Crippen LogP contribution in [0.3, 0.4) is 0 Å². The van der Waals surface area contributed by atoms with Crippen molar-refractivity contribution in [3.8, 4) is 6.01 Å². The van der Waals surface area contributed by atoms with Gasteiger partial charge in [-0.05, 0) is 42.7 Å². The average Bonchev–Trinajstić information content (AvgIpc) is 3.36. The number of hydrogen-bond acceptors (Lipinski definition) is 8. The van der Waals surface area contributed by atoms with Crippen molar-refractivity contribution < 1.29 is 36.9 Å². The number of ether oxygens (including phenoxy) is 5. The molecule has 3 heterocycles. The van der Waals surface area contributed by atoms with Crippen LogP contribution in [0.4, 0.5) is 13.2 Å². The molecule has 0 saturated carbocycles. The number of imidazole rings is 1. The highest BCUT2D eigenvalue weighted by molar-refractivity contribution is 6.30. The molecular weight excluding hydrogens is 621 g/mol. The van der Waals surface area contributed by atoms with Gasteiger partial charge in [0, 0.05) is 37.3 Å². The van der Waals surface area contributed by atoms with Gasteiger partial charge in [0.05, 0.1) is 32.9 Å². The fourth-order valence-electron chi connectivity index (χ4n) is 4.76. The maximum atomic E-state index is 13.7. The highest BCUT2D eigenvalue weighted by Gasteiger charge is 2.32. The van der Waals surface area contributed by atoms with Crippen LogP contribution in [0.1, 0.15) is 31.2 Å². The minimum Gasteiger partial charge on any atom is -0.485 e. The van der Waals surface area contributed by atoms with Gasteiger partial charge in [-0.3, -0.25) is 18.5 Å². The standard InChI is InChI=1S/C30H30ClF3N4O7/c1-36-26-25(27(39)37(29(36)40)13-17-43-24-8-2-3-14-42-24)38(19-20-9-11-21(31)12-10-20)28(35-26)44-16-5-15-41-22-6-4-7-23(18-22)45-30(32,33)34/h7,9-12,18,24H,2-3,5,8,13-17,19H2,1H3. The van der Waals surface area contributed by atoms with Gasteiger partial charge in [-0.25, -0.2) is 4.79 Å². The molecule has 2 aliphatic rings. The van der Waals surface area contributed by atoms with Crippen LogP contribution in [0.15, 0.2) is 69.0 Å². The van der Waals surface area contributed by atoms with E-state index in [1.54, 1.807) is 28.8 Å². The van der Waals surface area contributed by atoms with E-state index in [1.807, 2.05) is 0 Å². The zero-order valence-corrected chi connectivity index (χ0v) is 25.0. The number of hydrogen-bond donors (Lipinski definition) is 0. The van der Waals surface area contributed by atoms with Gasteiger partial charge in [-0.15, -0.1) is 13.2 Å². The maximum Gasteiger partial charge on any atom is 0.573 e. The van der Waals surface area contributed by atoms with E-state index >= 15 is 0 Å². The van der Waals surface area contributed by atoms with Gasteiger partial charge in [0.15, 0.2) is 23.2 Å². The van der Waals surface area contributed by atoms with Gasteiger partial charge in [0.1, 0.15) is 5.76 Å². The van der Waals surface area contributed by atoms with Crippen LogP contribution < -0.4 is 16.0 Å². The number of benzene rings is 1. The lowest BCUT2D eigenvalue weighted by molar-refractivity contribution is -0.303. The summed E-state index contributed by atoms with van der Waals surface area (Å²) >= 11 is 6.06. The molecule has 1 aromatic carbocycles. The largest absolute Gasteiger partial charge is 0.573 e. The minimum atomic E-state index is -4.85. The molecule has 1 atom stereocenters. The first kappa shape index (κ1) is 32.2. The van der Waals surface area contributed by atoms with Crippen LogP contribution in [0, 0.1) is 0 Å². The Kier molecular flexibility index (Phi) is 10.2. The molecule has 3 aromatic rings. The molecule has 2 aromatic heterocycles. The van der Waals surface area contributed by atoms with E-state index in [-0.39, 0.29) is 62.1 Å². The number of nitrogens with zero attached hydrogens (tertiary/aromatic N) is 4. The maximum absolute atomic E-state index is 13.7. The Morgan fingerprint density at radius 3 is 2.60 bits per heavy atom. The van der Waals surface area contributed by atoms with Gasteiger partial charge in [-0.1, -0.05) is 29.5 Å². The van der Waals surface area contributed by atoms with Crippen LogP contribution >= 0.6 is 11.6 Å². The lowest BCUT2D eigenvalue weighted by atomic mass is 10.2. The molecule has 0 spiro atoms. The predicted octanol–water partition coefficient (Wildman–Crippen LogP) is 4.56. The zero-order valence-electron chi connectivity index (χ0n) is 24.3. The fourth-order valence-corrected chi connectivity index (χ4v) is 4.88. The Bertz CT molecular complexity index is 1770. The van der Waals surface area contributed by atoms with E-state index in [1.165, 1.54) is 11.6 Å². The predicted molar refractivity (Wildman–Crippen MR) is 156 cm³/mol. The van der Waals surface area contributed by atoms with Crippen LogP contribution in [0.5, 0.6) is 6.01 Å². The monoisotopic (exact) mass is 650 g/mol. The van der Waals surface area contributed by atoms with Crippen molar-refractivity contribution in [1.29, 1.82) is 0 Å². The van der Waals surface area contributed by atoms with Crippen LogP contribution in [0.25, 0.3) is 11.2 Å². The van der Waals surface area contributed by atoms with Crippen molar-refractivity contribution >= 4 is 22.8 Å². The minimum absolute atomic E-state index is 0.0151. The molecule has 45 heavy (non-hydrogen) atoms. The smallest absolute Gasteiger partial charge is 0.485 e. The zero-order chi connectivity index (χ0) is 32.0. The quantitative estimate of drug-likeness (QED) is 0.196. The lowest BCUT2D eigenvalue weighted by Crippen LogP contribution is -2.41. The van der Waals surface area contributed by atoms with Crippen molar-refractivity contribution in [2.75, 3.05) is 26.4 Å². The van der Waals surface area contributed by atoms with Crippen molar-refractivity contribution in [1.82, 2.24) is 18.7 Å². The fraction of sp³-hybridized carbons (Fsp3) is 0.433. The Balaban J connectivity index is 1.33. The van der Waals surface area contributed by atoms with Crippen molar-refractivity contribution in [2.45, 2.75) is 51.4 Å². The second-order valence-corrected chi connectivity index (χ2v) is 10.6. The number of fused-ring (bicyclic) bond motifs is 1. The molecule has 1 fully saturated rings. The molecule has 0 amide bonds. The summed E-state index contributed by atoms with van der Waals surface area (Å²) in [5.41, 5.74) is 5.00. The highest BCUT2D eigenvalue weighted by Crippen LogP contribution is 2.24. The average molecular weight is 651 g/mol. The van der Waals surface area contributed by atoms with Gasteiger partial charge >= 0.3 is 12.1 Å². The summed E-state index contributed by atoms with van der Waals surface area (Å²) in [6.45, 7) is 1.07. The Hall–Kier alpha value is -4.19. The van der Waals surface area contributed by atoms with Crippen LogP contribution in [0.2, 0.25) is 5.02 Å². The summed E-state index contributed by atoms with van der Waals surface area (Å²) in [6, 6.07) is 7.13. The third-order valence-corrected chi connectivity index (χ3v) is 7.15. The molecule has 1 unspecified atom stereocenters. The van der Waals surface area contributed by atoms with Gasteiger partial charge in [-0.2, -0.15) is 4.98 Å². The molecule has 15 heteroatoms. The molecule has 1 aliphatic carbocycles. The van der Waals surface area contributed by atoms with Crippen molar-refractivity contribution in [3.63, 3.8) is 0 Å². The van der Waals surface area contributed by atoms with E-state index in [0.29, 0.717) is 18.1 Å². The molecule has 0 radical (unpaired) electrons. The molecule has 1 aliphatic heterocycles. The first-order valence-corrected chi connectivity index (χ1v) is 14.6. The van der Waals surface area contributed by atoms with Gasteiger partial charge < -0.3 is 23.7 Å². The lowest BCUT2D eigenvalue weighted by Gasteiger charge is -2.22. The molecule has 11 nitrogen and oxygen atoms in total. The Labute approximate surface area is 260 Å². The van der Waals surface area contributed by atoms with Crippen LogP contribution in [-0.2, 0) is 39.1 Å². The van der Waals surface area contributed by atoms with Crippen molar-refractivity contribution in [3.05, 3.63) is 90.8 Å². The number of aromatic nitrogens is 4. The Morgan fingerprint density at radius 1 is 1.09 bits per heavy atom. The van der Waals surface area contributed by atoms with E-state index < -0.39 is 23.4 Å². The molecule has 5 rings (SSSR count). The SMILES string of the molecule is Cn1c(=O)n(CCOC2CCCCO2)c(=O)c2c1nc(OCCCOC1=C=C=CC(OC(F)(F)F)=C1)n2Cc1ccc(Cl)cc1. The number of aryl methyl sites for hydroxylation is 1. The third kappa shape index (κ3) is 8.30. The highest BCUT2D eigenvalue weighted by atomic mass is 35.5. The first-order chi connectivity index (χ1) is 21.6. The van der Waals surface area contributed by atoms with E-state index in [2.05, 4.69) is 21.2 Å². The molecule has 240 valence electrons. The second kappa shape index (κ2) is 14.3. The normalized spacial score (nSPS) is 16.5. The number of alkyl halides is 3. The summed E-state index contributed by atoms with van der Waals surface area (Å²) in [5, 5.41) is 0.544. The van der Waals surface area contributed by atoms with E-state index in [4.69, 9.17) is 30.5 Å². The Morgan fingerprint density at radius 2 is 1.87 bits per heavy atom. The summed E-state index contributed by atoms with van der Waals surface area (Å²) < 4.78 is 68.1. The number of allylic oxidation sites excluding steroid dienone is 2. The van der Waals surface area contributed by atoms with Crippen LogP contribution in [-0.4, -0.2) is 57.8 Å². The number of rotatable bonds is 13. The number of halogens is 4. The molecule has 1 saturated heterocycles. The van der Waals surface area contributed by atoms with E-state index in [0.717, 1.165) is 41.5 Å². The third-order valence-electron chi connectivity index (χ3n) is 6.90. The van der Waals surface area contributed by atoms with Gasteiger partial charge in [0.2, 0.25) is 0 Å². The van der Waals surface area contributed by atoms with Crippen molar-refractivity contribution in [2.24, 2.45) is 7.05 Å². The summed E-state index contributed by atoms with van der Waals surface area (Å²) in [7, 11) is 1.52. The summed E-state index contributed by atoms with van der Waals surface area (Å²) in [5.74, 6) is -0.463. The second-order valence-electron chi connectivity index (χ2n) is 10.2. The molecular formula is C30H30ClF3N4O7. The molecule has 0 N–H and O–H groups in total.